The van der Waals surface area contributed by atoms with Gasteiger partial charge in [0.2, 0.25) is 0 Å². The molecule has 0 bridgehead atoms. The van der Waals surface area contributed by atoms with E-state index in [4.69, 9.17) is 4.74 Å². The van der Waals surface area contributed by atoms with Crippen molar-refractivity contribution in [2.75, 3.05) is 13.2 Å². The highest BCUT2D eigenvalue weighted by Gasteiger charge is 2.24. The van der Waals surface area contributed by atoms with Gasteiger partial charge in [-0.15, -0.1) is 11.3 Å². The molecule has 1 amide bonds. The quantitative estimate of drug-likeness (QED) is 0.842. The summed E-state index contributed by atoms with van der Waals surface area (Å²) in [4.78, 5) is 27.8. The molecule has 2 aliphatic rings. The number of aryl methyl sites for hydroxylation is 2. The SMILES string of the molecule is O=C(OCC(=O)N1CCc2sccc2C1)c1cc2c(cc1O)CCCC2. The molecule has 1 aromatic heterocycles. The highest BCUT2D eigenvalue weighted by molar-refractivity contribution is 7.10. The molecule has 1 aromatic carbocycles. The molecule has 2 heterocycles. The Bertz CT molecular complexity index is 857. The van der Waals surface area contributed by atoms with E-state index in [0.29, 0.717) is 13.1 Å². The van der Waals surface area contributed by atoms with Gasteiger partial charge in [-0.3, -0.25) is 4.79 Å². The standard InChI is InChI=1S/C20H21NO4S/c22-17-10-14-4-2-1-3-13(14)9-16(17)20(24)25-12-19(23)21-7-5-18-15(11-21)6-8-26-18/h6,8-10,22H,1-5,7,11-12H2. The molecule has 0 unspecified atom stereocenters. The number of carbonyl (C=O) groups excluding carboxylic acids is 2. The van der Waals surface area contributed by atoms with Crippen LogP contribution < -0.4 is 0 Å². The number of rotatable bonds is 3. The molecule has 0 saturated heterocycles. The third kappa shape index (κ3) is 3.33. The number of nitrogens with zero attached hydrogens (tertiary/aromatic N) is 1. The summed E-state index contributed by atoms with van der Waals surface area (Å²) in [7, 11) is 0. The topological polar surface area (TPSA) is 66.8 Å². The fourth-order valence-corrected chi connectivity index (χ4v) is 4.58. The number of hydrogen-bond acceptors (Lipinski definition) is 5. The Labute approximate surface area is 156 Å². The van der Waals surface area contributed by atoms with Crippen molar-refractivity contribution in [3.8, 4) is 5.75 Å². The summed E-state index contributed by atoms with van der Waals surface area (Å²) in [6, 6.07) is 5.42. The highest BCUT2D eigenvalue weighted by atomic mass is 32.1. The van der Waals surface area contributed by atoms with Crippen LogP contribution in [-0.2, 0) is 35.3 Å². The molecule has 0 radical (unpaired) electrons. The van der Waals surface area contributed by atoms with Crippen LogP contribution in [-0.4, -0.2) is 35.0 Å². The number of benzene rings is 1. The smallest absolute Gasteiger partial charge is 0.342 e. The van der Waals surface area contributed by atoms with Gasteiger partial charge >= 0.3 is 5.97 Å². The normalized spacial score (nSPS) is 15.9. The van der Waals surface area contributed by atoms with Crippen molar-refractivity contribution in [2.24, 2.45) is 0 Å². The fraction of sp³-hybridized carbons (Fsp3) is 0.400. The summed E-state index contributed by atoms with van der Waals surface area (Å²) in [6.07, 6.45) is 4.87. The van der Waals surface area contributed by atoms with Gasteiger partial charge in [-0.25, -0.2) is 4.79 Å². The zero-order valence-electron chi connectivity index (χ0n) is 14.5. The maximum Gasteiger partial charge on any atom is 0.342 e. The first-order valence-electron chi connectivity index (χ1n) is 8.97. The number of ether oxygens (including phenoxy) is 1. The van der Waals surface area contributed by atoms with E-state index in [1.165, 1.54) is 10.4 Å². The van der Waals surface area contributed by atoms with Gasteiger partial charge in [0.1, 0.15) is 11.3 Å². The van der Waals surface area contributed by atoms with Gasteiger partial charge in [-0.05, 0) is 72.4 Å². The molecule has 0 fully saturated rings. The predicted molar refractivity (Wildman–Crippen MR) is 98.5 cm³/mol. The lowest BCUT2D eigenvalue weighted by Crippen LogP contribution is -2.38. The minimum Gasteiger partial charge on any atom is -0.507 e. The summed E-state index contributed by atoms with van der Waals surface area (Å²) in [6.45, 7) is 0.919. The summed E-state index contributed by atoms with van der Waals surface area (Å²) in [5, 5.41) is 12.2. The second-order valence-corrected chi connectivity index (χ2v) is 7.86. The second kappa shape index (κ2) is 7.11. The summed E-state index contributed by atoms with van der Waals surface area (Å²) in [5.41, 5.74) is 3.51. The lowest BCUT2D eigenvalue weighted by atomic mass is 9.90. The van der Waals surface area contributed by atoms with Gasteiger partial charge in [0.05, 0.1) is 0 Å². The Balaban J connectivity index is 1.39. The third-order valence-corrected chi connectivity index (χ3v) is 6.19. The van der Waals surface area contributed by atoms with Crippen LogP contribution in [0, 0.1) is 0 Å². The maximum atomic E-state index is 12.4. The molecular formula is C20H21NO4S. The average Bonchev–Trinajstić information content (AvgIpc) is 3.13. The molecule has 0 saturated carbocycles. The van der Waals surface area contributed by atoms with Gasteiger partial charge in [-0.2, -0.15) is 0 Å². The highest BCUT2D eigenvalue weighted by Crippen LogP contribution is 2.29. The zero-order valence-corrected chi connectivity index (χ0v) is 15.3. The average molecular weight is 371 g/mol. The van der Waals surface area contributed by atoms with Crippen molar-refractivity contribution in [2.45, 2.75) is 38.6 Å². The van der Waals surface area contributed by atoms with Crippen LogP contribution in [0.5, 0.6) is 5.75 Å². The van der Waals surface area contributed by atoms with Crippen molar-refractivity contribution in [1.29, 1.82) is 0 Å². The first-order chi connectivity index (χ1) is 12.6. The number of hydrogen-bond donors (Lipinski definition) is 1. The molecule has 1 N–H and O–H groups in total. The third-order valence-electron chi connectivity index (χ3n) is 5.17. The van der Waals surface area contributed by atoms with Crippen LogP contribution in [0.2, 0.25) is 0 Å². The zero-order chi connectivity index (χ0) is 18.1. The molecule has 2 aromatic rings. The number of phenols is 1. The van der Waals surface area contributed by atoms with Gasteiger partial charge in [0.15, 0.2) is 6.61 Å². The Hall–Kier alpha value is -2.34. The molecule has 0 spiro atoms. The molecule has 6 heteroatoms. The molecule has 1 aliphatic heterocycles. The van der Waals surface area contributed by atoms with Crippen molar-refractivity contribution in [3.05, 3.63) is 50.7 Å². The van der Waals surface area contributed by atoms with Crippen molar-refractivity contribution >= 4 is 23.2 Å². The van der Waals surface area contributed by atoms with Crippen LogP contribution in [0.3, 0.4) is 0 Å². The maximum absolute atomic E-state index is 12.4. The number of aromatic hydroxyl groups is 1. The molecule has 5 nitrogen and oxygen atoms in total. The molecule has 26 heavy (non-hydrogen) atoms. The van der Waals surface area contributed by atoms with Crippen LogP contribution in [0.1, 0.15) is 44.8 Å². The molecule has 1 aliphatic carbocycles. The van der Waals surface area contributed by atoms with Gasteiger partial charge < -0.3 is 14.7 Å². The van der Waals surface area contributed by atoms with Crippen LogP contribution in [0.25, 0.3) is 0 Å². The lowest BCUT2D eigenvalue weighted by molar-refractivity contribution is -0.135. The van der Waals surface area contributed by atoms with E-state index in [0.717, 1.165) is 43.2 Å². The van der Waals surface area contributed by atoms with Crippen LogP contribution >= 0.6 is 11.3 Å². The van der Waals surface area contributed by atoms with Crippen molar-refractivity contribution in [3.63, 3.8) is 0 Å². The van der Waals surface area contributed by atoms with E-state index in [2.05, 4.69) is 0 Å². The Kier molecular flexibility index (Phi) is 4.68. The number of phenolic OH excluding ortho intramolecular Hbond substituents is 1. The second-order valence-electron chi connectivity index (χ2n) is 6.86. The van der Waals surface area contributed by atoms with Crippen molar-refractivity contribution in [1.82, 2.24) is 4.90 Å². The Morgan fingerprint density at radius 1 is 1.12 bits per heavy atom. The Morgan fingerprint density at radius 3 is 2.69 bits per heavy atom. The molecule has 0 atom stereocenters. The number of thiophene rings is 1. The van der Waals surface area contributed by atoms with Gasteiger partial charge in [0, 0.05) is 18.0 Å². The van der Waals surface area contributed by atoms with E-state index in [1.54, 1.807) is 28.4 Å². The summed E-state index contributed by atoms with van der Waals surface area (Å²) >= 11 is 1.72. The molecule has 4 rings (SSSR count). The van der Waals surface area contributed by atoms with Crippen LogP contribution in [0.4, 0.5) is 0 Å². The minimum atomic E-state index is -0.641. The number of carbonyl (C=O) groups is 2. The number of esters is 1. The van der Waals surface area contributed by atoms with Gasteiger partial charge in [-0.1, -0.05) is 0 Å². The fourth-order valence-electron chi connectivity index (χ4n) is 3.69. The largest absolute Gasteiger partial charge is 0.507 e. The van der Waals surface area contributed by atoms with E-state index in [1.807, 2.05) is 11.4 Å². The summed E-state index contributed by atoms with van der Waals surface area (Å²) < 4.78 is 5.20. The van der Waals surface area contributed by atoms with E-state index in [-0.39, 0.29) is 23.8 Å². The van der Waals surface area contributed by atoms with E-state index >= 15 is 0 Å². The van der Waals surface area contributed by atoms with E-state index < -0.39 is 5.97 Å². The number of amides is 1. The number of fused-ring (bicyclic) bond motifs is 2. The van der Waals surface area contributed by atoms with E-state index in [9.17, 15) is 14.7 Å². The lowest BCUT2D eigenvalue weighted by Gasteiger charge is -2.26. The molecular weight excluding hydrogens is 350 g/mol. The minimum absolute atomic E-state index is 0.0658. The van der Waals surface area contributed by atoms with Crippen molar-refractivity contribution < 1.29 is 19.4 Å². The monoisotopic (exact) mass is 371 g/mol. The first-order valence-corrected chi connectivity index (χ1v) is 9.84. The summed E-state index contributed by atoms with van der Waals surface area (Å²) in [5.74, 6) is -0.908. The van der Waals surface area contributed by atoms with Crippen LogP contribution in [0.15, 0.2) is 23.6 Å². The first kappa shape index (κ1) is 17.1. The Morgan fingerprint density at radius 2 is 1.88 bits per heavy atom. The predicted octanol–water partition coefficient (Wildman–Crippen LogP) is 3.07. The van der Waals surface area contributed by atoms with Gasteiger partial charge in [0.25, 0.3) is 5.91 Å². The molecule has 136 valence electrons.